The fourth-order valence-corrected chi connectivity index (χ4v) is 2.24. The van der Waals surface area contributed by atoms with E-state index in [0.29, 0.717) is 6.04 Å². The van der Waals surface area contributed by atoms with Gasteiger partial charge in [0.25, 0.3) is 0 Å². The molecular formula is C18H24N2. The summed E-state index contributed by atoms with van der Waals surface area (Å²) in [5.41, 5.74) is 9.44. The van der Waals surface area contributed by atoms with Gasteiger partial charge in [0.05, 0.1) is 0 Å². The molecule has 2 rings (SSSR count). The molecule has 0 fully saturated rings. The summed E-state index contributed by atoms with van der Waals surface area (Å²) in [6.07, 6.45) is 3.46. The molecule has 0 aliphatic heterocycles. The first-order valence-electron chi connectivity index (χ1n) is 7.40. The van der Waals surface area contributed by atoms with Gasteiger partial charge in [0.1, 0.15) is 0 Å². The Hall–Kier alpha value is -1.80. The van der Waals surface area contributed by atoms with E-state index in [0.717, 1.165) is 13.0 Å². The minimum atomic E-state index is 0.320. The lowest BCUT2D eigenvalue weighted by Crippen LogP contribution is -2.14. The number of hydrogen-bond donors (Lipinski definition) is 2. The second-order valence-corrected chi connectivity index (χ2v) is 5.34. The highest BCUT2D eigenvalue weighted by Gasteiger charge is 1.98. The molecule has 2 nitrogen and oxygen atoms in total. The number of anilines is 1. The number of unbranched alkanes of at least 4 members (excludes halogenated alkanes) is 1. The van der Waals surface area contributed by atoms with Crippen molar-refractivity contribution in [2.75, 3.05) is 11.9 Å². The van der Waals surface area contributed by atoms with Gasteiger partial charge in [-0.1, -0.05) is 48.9 Å². The van der Waals surface area contributed by atoms with E-state index in [9.17, 15) is 0 Å². The van der Waals surface area contributed by atoms with Gasteiger partial charge in [0, 0.05) is 18.3 Å². The van der Waals surface area contributed by atoms with Gasteiger partial charge in [-0.3, -0.25) is 0 Å². The highest BCUT2D eigenvalue weighted by molar-refractivity contribution is 5.65. The number of nitrogens with two attached hydrogens (primary N) is 1. The molecule has 20 heavy (non-hydrogen) atoms. The molecule has 1 atom stereocenters. The molecule has 3 N–H and O–H groups in total. The van der Waals surface area contributed by atoms with Crippen molar-refractivity contribution in [3.8, 4) is 11.1 Å². The zero-order chi connectivity index (χ0) is 14.2. The second kappa shape index (κ2) is 7.71. The van der Waals surface area contributed by atoms with Gasteiger partial charge in [0.15, 0.2) is 0 Å². The van der Waals surface area contributed by atoms with Gasteiger partial charge >= 0.3 is 0 Å². The fraction of sp³-hybridized carbons (Fsp3) is 0.333. The molecule has 0 aliphatic carbocycles. The van der Waals surface area contributed by atoms with Gasteiger partial charge in [-0.25, -0.2) is 0 Å². The smallest absolute Gasteiger partial charge is 0.0340 e. The number of nitrogens with one attached hydrogen (secondary N) is 1. The molecule has 0 radical (unpaired) electrons. The molecule has 2 heteroatoms. The first kappa shape index (κ1) is 14.6. The van der Waals surface area contributed by atoms with Crippen molar-refractivity contribution in [2.24, 2.45) is 5.73 Å². The Morgan fingerprint density at radius 2 is 1.55 bits per heavy atom. The van der Waals surface area contributed by atoms with E-state index in [1.807, 2.05) is 6.07 Å². The van der Waals surface area contributed by atoms with Crippen LogP contribution in [0, 0.1) is 0 Å². The average Bonchev–Trinajstić information content (AvgIpc) is 2.48. The minimum Gasteiger partial charge on any atom is -0.385 e. The Balaban J connectivity index is 1.80. The van der Waals surface area contributed by atoms with Crippen molar-refractivity contribution in [3.63, 3.8) is 0 Å². The van der Waals surface area contributed by atoms with Crippen LogP contribution in [0.2, 0.25) is 0 Å². The average molecular weight is 268 g/mol. The van der Waals surface area contributed by atoms with Gasteiger partial charge < -0.3 is 11.1 Å². The van der Waals surface area contributed by atoms with Gasteiger partial charge in [-0.2, -0.15) is 0 Å². The van der Waals surface area contributed by atoms with E-state index < -0.39 is 0 Å². The maximum absolute atomic E-state index is 5.74. The van der Waals surface area contributed by atoms with Crippen LogP contribution < -0.4 is 11.1 Å². The van der Waals surface area contributed by atoms with E-state index in [2.05, 4.69) is 60.8 Å². The highest BCUT2D eigenvalue weighted by atomic mass is 14.9. The Morgan fingerprint density at radius 3 is 2.20 bits per heavy atom. The van der Waals surface area contributed by atoms with Crippen LogP contribution >= 0.6 is 0 Å². The number of hydrogen-bond acceptors (Lipinski definition) is 2. The van der Waals surface area contributed by atoms with Crippen LogP contribution in [0.5, 0.6) is 0 Å². The van der Waals surface area contributed by atoms with Crippen molar-refractivity contribution < 1.29 is 0 Å². The summed E-state index contributed by atoms with van der Waals surface area (Å²) in [5, 5.41) is 3.46. The molecule has 0 saturated carbocycles. The molecule has 106 valence electrons. The van der Waals surface area contributed by atoms with Crippen molar-refractivity contribution in [1.82, 2.24) is 0 Å². The molecule has 0 saturated heterocycles. The van der Waals surface area contributed by atoms with Crippen LogP contribution in [0.4, 0.5) is 5.69 Å². The van der Waals surface area contributed by atoms with Gasteiger partial charge in [0.2, 0.25) is 0 Å². The van der Waals surface area contributed by atoms with Crippen LogP contribution in [-0.2, 0) is 0 Å². The van der Waals surface area contributed by atoms with E-state index in [-0.39, 0.29) is 0 Å². The minimum absolute atomic E-state index is 0.320. The summed E-state index contributed by atoms with van der Waals surface area (Å²) in [6.45, 7) is 3.08. The molecule has 0 bridgehead atoms. The van der Waals surface area contributed by atoms with Crippen LogP contribution in [0.1, 0.15) is 26.2 Å². The third-order valence-corrected chi connectivity index (χ3v) is 3.41. The van der Waals surface area contributed by atoms with Crippen molar-refractivity contribution >= 4 is 5.69 Å². The predicted molar refractivity (Wildman–Crippen MR) is 87.9 cm³/mol. The van der Waals surface area contributed by atoms with Crippen LogP contribution in [0.3, 0.4) is 0 Å². The second-order valence-electron chi connectivity index (χ2n) is 5.34. The first-order chi connectivity index (χ1) is 9.75. The van der Waals surface area contributed by atoms with Crippen molar-refractivity contribution in [3.05, 3.63) is 54.6 Å². The summed E-state index contributed by atoms with van der Waals surface area (Å²) >= 11 is 0. The zero-order valence-corrected chi connectivity index (χ0v) is 12.2. The molecular weight excluding hydrogens is 244 g/mol. The SMILES string of the molecule is CC(N)CCCCNc1ccc(-c2ccccc2)cc1. The van der Waals surface area contributed by atoms with Crippen LogP contribution in [-0.4, -0.2) is 12.6 Å². The maximum atomic E-state index is 5.74. The quantitative estimate of drug-likeness (QED) is 0.735. The van der Waals surface area contributed by atoms with Gasteiger partial charge in [-0.15, -0.1) is 0 Å². The molecule has 2 aromatic rings. The fourth-order valence-electron chi connectivity index (χ4n) is 2.24. The third kappa shape index (κ3) is 4.71. The Labute approximate surface area is 122 Å². The summed E-state index contributed by atoms with van der Waals surface area (Å²) in [5.74, 6) is 0. The highest BCUT2D eigenvalue weighted by Crippen LogP contribution is 2.20. The maximum Gasteiger partial charge on any atom is 0.0340 e. The first-order valence-corrected chi connectivity index (χ1v) is 7.40. The molecule has 0 amide bonds. The van der Waals surface area contributed by atoms with E-state index in [1.54, 1.807) is 0 Å². The molecule has 0 heterocycles. The predicted octanol–water partition coefficient (Wildman–Crippen LogP) is 4.28. The summed E-state index contributed by atoms with van der Waals surface area (Å²) in [4.78, 5) is 0. The molecule has 0 spiro atoms. The monoisotopic (exact) mass is 268 g/mol. The topological polar surface area (TPSA) is 38.0 Å². The lowest BCUT2D eigenvalue weighted by molar-refractivity contribution is 0.607. The molecule has 1 unspecified atom stereocenters. The number of rotatable bonds is 7. The lowest BCUT2D eigenvalue weighted by Gasteiger charge is -2.08. The number of benzene rings is 2. The van der Waals surface area contributed by atoms with Crippen LogP contribution in [0.15, 0.2) is 54.6 Å². The molecule has 0 aliphatic rings. The summed E-state index contributed by atoms with van der Waals surface area (Å²) < 4.78 is 0. The van der Waals surface area contributed by atoms with Crippen molar-refractivity contribution in [2.45, 2.75) is 32.2 Å². The molecule has 0 aromatic heterocycles. The lowest BCUT2D eigenvalue weighted by atomic mass is 10.1. The summed E-state index contributed by atoms with van der Waals surface area (Å²) in [6, 6.07) is 19.4. The van der Waals surface area contributed by atoms with Crippen molar-refractivity contribution in [1.29, 1.82) is 0 Å². The Kier molecular flexibility index (Phi) is 5.63. The normalized spacial score (nSPS) is 12.1. The van der Waals surface area contributed by atoms with Gasteiger partial charge in [-0.05, 0) is 43.0 Å². The van der Waals surface area contributed by atoms with E-state index in [1.165, 1.54) is 29.7 Å². The zero-order valence-electron chi connectivity index (χ0n) is 12.2. The Bertz CT molecular complexity index is 489. The van der Waals surface area contributed by atoms with E-state index >= 15 is 0 Å². The third-order valence-electron chi connectivity index (χ3n) is 3.41. The largest absolute Gasteiger partial charge is 0.385 e. The van der Waals surface area contributed by atoms with Crippen LogP contribution in [0.25, 0.3) is 11.1 Å². The standard InChI is InChI=1S/C18H24N2/c1-15(19)7-5-6-14-20-18-12-10-17(11-13-18)16-8-3-2-4-9-16/h2-4,8-13,15,20H,5-7,14,19H2,1H3. The molecule has 2 aromatic carbocycles. The van der Waals surface area contributed by atoms with E-state index in [4.69, 9.17) is 5.73 Å². The summed E-state index contributed by atoms with van der Waals surface area (Å²) in [7, 11) is 0. The Morgan fingerprint density at radius 1 is 0.900 bits per heavy atom.